The molecule has 0 aliphatic heterocycles. The van der Waals surface area contributed by atoms with E-state index in [4.69, 9.17) is 4.55 Å². The van der Waals surface area contributed by atoms with E-state index in [1.165, 1.54) is 6.92 Å². The second-order valence-corrected chi connectivity index (χ2v) is 7.51. The Morgan fingerprint density at radius 2 is 1.40 bits per heavy atom. The van der Waals surface area contributed by atoms with E-state index in [1.54, 1.807) is 0 Å². The Kier molecular flexibility index (Phi) is 7.77. The van der Waals surface area contributed by atoms with Gasteiger partial charge in [0.05, 0.1) is 6.61 Å². The average Bonchev–Trinajstić information content (AvgIpc) is 2.37. The number of ether oxygens (including phenoxy) is 1. The largest absolute Gasteiger partial charge is 0.464 e. The van der Waals surface area contributed by atoms with E-state index in [0.29, 0.717) is 12.8 Å². The molecule has 0 aliphatic rings. The fraction of sp³-hybridized carbons (Fsp3) is 0.923. The topological polar surface area (TPSA) is 80.7 Å². The van der Waals surface area contributed by atoms with Crippen LogP contribution >= 0.6 is 0 Å². The Labute approximate surface area is 141 Å². The van der Waals surface area contributed by atoms with Crippen molar-refractivity contribution in [3.63, 3.8) is 0 Å². The molecule has 0 aromatic heterocycles. The van der Waals surface area contributed by atoms with Crippen LogP contribution in [0.2, 0.25) is 0 Å². The van der Waals surface area contributed by atoms with Crippen LogP contribution < -0.4 is 0 Å². The van der Waals surface area contributed by atoms with E-state index in [-0.39, 0.29) is 5.92 Å². The number of carbonyl (C=O) groups is 1. The Morgan fingerprint density at radius 3 is 1.72 bits per heavy atom. The lowest BCUT2D eigenvalue weighted by Crippen LogP contribution is -2.67. The maximum Gasteiger partial charge on any atom is 0.430 e. The summed E-state index contributed by atoms with van der Waals surface area (Å²) in [6.45, 7) is 4.35. The molecule has 0 saturated heterocycles. The zero-order valence-corrected chi connectivity index (χ0v) is 14.6. The van der Waals surface area contributed by atoms with Crippen LogP contribution in [-0.2, 0) is 19.6 Å². The number of esters is 1. The monoisotopic (exact) mass is 402 g/mol. The molecule has 2 atom stereocenters. The van der Waals surface area contributed by atoms with Gasteiger partial charge in [0.15, 0.2) is 0 Å². The van der Waals surface area contributed by atoms with E-state index < -0.39 is 45.7 Å². The highest BCUT2D eigenvalue weighted by molar-refractivity contribution is 7.88. The summed E-state index contributed by atoms with van der Waals surface area (Å²) >= 11 is 0. The zero-order valence-electron chi connectivity index (χ0n) is 13.7. The molecule has 25 heavy (non-hydrogen) atoms. The molecule has 0 aromatic rings. The minimum Gasteiger partial charge on any atom is -0.464 e. The van der Waals surface area contributed by atoms with E-state index in [1.807, 2.05) is 13.8 Å². The van der Waals surface area contributed by atoms with E-state index >= 15 is 0 Å². The standard InChI is InChI=1S/C13H20F6O5S/c1-4-8(2)5-6-9(3)7-24-10(20)11(12(14,15)16,13(17,18)19)25(21,22)23/h8-9H,4-7H2,1-3H3,(H,21,22,23). The molecule has 1 N–H and O–H groups in total. The van der Waals surface area contributed by atoms with Crippen LogP contribution in [0.3, 0.4) is 0 Å². The van der Waals surface area contributed by atoms with E-state index in [2.05, 4.69) is 4.74 Å². The van der Waals surface area contributed by atoms with Crippen LogP contribution in [0.1, 0.15) is 40.0 Å². The van der Waals surface area contributed by atoms with Gasteiger partial charge in [-0.2, -0.15) is 34.8 Å². The first-order valence-electron chi connectivity index (χ1n) is 7.30. The van der Waals surface area contributed by atoms with Crippen molar-refractivity contribution in [1.82, 2.24) is 0 Å². The third-order valence-corrected chi connectivity index (χ3v) is 5.22. The first kappa shape index (κ1) is 24.0. The summed E-state index contributed by atoms with van der Waals surface area (Å²) in [5, 5.41) is 0. The second-order valence-electron chi connectivity index (χ2n) is 5.95. The van der Waals surface area contributed by atoms with Crippen LogP contribution in [0, 0.1) is 11.8 Å². The van der Waals surface area contributed by atoms with Gasteiger partial charge in [0, 0.05) is 0 Å². The first-order valence-corrected chi connectivity index (χ1v) is 8.74. The first-order chi connectivity index (χ1) is 11.0. The lowest BCUT2D eigenvalue weighted by atomic mass is 9.97. The number of alkyl halides is 6. The molecule has 0 bridgehead atoms. The van der Waals surface area contributed by atoms with Gasteiger partial charge >= 0.3 is 33.2 Å². The maximum atomic E-state index is 12.9. The molecule has 0 radical (unpaired) electrons. The summed E-state index contributed by atoms with van der Waals surface area (Å²) < 4.78 is 106. The normalized spacial score (nSPS) is 16.4. The quantitative estimate of drug-likeness (QED) is 0.380. The summed E-state index contributed by atoms with van der Waals surface area (Å²) in [6.07, 6.45) is -11.6. The molecule has 0 rings (SSSR count). The van der Waals surface area contributed by atoms with Crippen molar-refractivity contribution in [2.24, 2.45) is 11.8 Å². The Balaban J connectivity index is 5.49. The van der Waals surface area contributed by atoms with Crippen LogP contribution in [0.15, 0.2) is 0 Å². The van der Waals surface area contributed by atoms with Gasteiger partial charge in [-0.3, -0.25) is 4.55 Å². The highest BCUT2D eigenvalue weighted by Gasteiger charge is 2.84. The van der Waals surface area contributed by atoms with Gasteiger partial charge < -0.3 is 4.74 Å². The van der Waals surface area contributed by atoms with Gasteiger partial charge in [-0.1, -0.05) is 33.6 Å². The Morgan fingerprint density at radius 1 is 1.00 bits per heavy atom. The third-order valence-electron chi connectivity index (χ3n) is 3.82. The molecule has 12 heteroatoms. The second kappa shape index (κ2) is 8.11. The van der Waals surface area contributed by atoms with Gasteiger partial charge in [0.25, 0.3) is 0 Å². The smallest absolute Gasteiger partial charge is 0.430 e. The molecule has 0 saturated carbocycles. The van der Waals surface area contributed by atoms with Crippen molar-refractivity contribution < 1.29 is 48.8 Å². The van der Waals surface area contributed by atoms with Crippen molar-refractivity contribution in [2.75, 3.05) is 6.61 Å². The van der Waals surface area contributed by atoms with Crippen LogP contribution in [0.4, 0.5) is 26.3 Å². The maximum absolute atomic E-state index is 12.9. The molecule has 0 aromatic carbocycles. The molecular weight excluding hydrogens is 382 g/mol. The number of rotatable bonds is 8. The molecule has 0 amide bonds. The van der Waals surface area contributed by atoms with E-state index in [0.717, 1.165) is 6.42 Å². The average molecular weight is 402 g/mol. The van der Waals surface area contributed by atoms with Crippen molar-refractivity contribution >= 4 is 16.1 Å². The highest BCUT2D eigenvalue weighted by atomic mass is 32.2. The van der Waals surface area contributed by atoms with Gasteiger partial charge in [-0.05, 0) is 18.3 Å². The summed E-state index contributed by atoms with van der Waals surface area (Å²) in [5.41, 5.74) is 0. The van der Waals surface area contributed by atoms with Crippen LogP contribution in [0.25, 0.3) is 0 Å². The molecule has 150 valence electrons. The molecule has 0 heterocycles. The lowest BCUT2D eigenvalue weighted by Gasteiger charge is -2.32. The van der Waals surface area contributed by atoms with Crippen molar-refractivity contribution in [1.29, 1.82) is 0 Å². The van der Waals surface area contributed by atoms with Gasteiger partial charge in [0.2, 0.25) is 0 Å². The number of carbonyl (C=O) groups excluding carboxylic acids is 1. The molecule has 2 unspecified atom stereocenters. The summed E-state index contributed by atoms with van der Waals surface area (Å²) in [7, 11) is -6.94. The summed E-state index contributed by atoms with van der Waals surface area (Å²) in [4.78, 5) is 11.5. The van der Waals surface area contributed by atoms with Gasteiger partial charge in [0.1, 0.15) is 0 Å². The zero-order chi connectivity index (χ0) is 20.3. The lowest BCUT2D eigenvalue weighted by molar-refractivity contribution is -0.269. The Bertz CT molecular complexity index is 540. The minimum absolute atomic E-state index is 0.250. The summed E-state index contributed by atoms with van der Waals surface area (Å²) in [6, 6.07) is 0. The molecule has 0 fully saturated rings. The number of hydrogen-bond donors (Lipinski definition) is 1. The van der Waals surface area contributed by atoms with Crippen LogP contribution in [0.5, 0.6) is 0 Å². The van der Waals surface area contributed by atoms with Gasteiger partial charge in [-0.15, -0.1) is 0 Å². The van der Waals surface area contributed by atoms with Crippen molar-refractivity contribution in [3.05, 3.63) is 0 Å². The SMILES string of the molecule is CCC(C)CCC(C)COC(=O)C(C(F)(F)F)(C(F)(F)F)S(=O)(=O)O. The highest BCUT2D eigenvalue weighted by Crippen LogP contribution is 2.49. The summed E-state index contributed by atoms with van der Waals surface area (Å²) in [5.74, 6) is -3.47. The minimum atomic E-state index is -6.94. The predicted octanol–water partition coefficient (Wildman–Crippen LogP) is 3.74. The predicted molar refractivity (Wildman–Crippen MR) is 75.2 cm³/mol. The fourth-order valence-electron chi connectivity index (χ4n) is 1.97. The fourth-order valence-corrected chi connectivity index (χ4v) is 2.82. The molecule has 0 spiro atoms. The van der Waals surface area contributed by atoms with E-state index in [9.17, 15) is 39.6 Å². The Hall–Kier alpha value is -1.04. The molecule has 0 aliphatic carbocycles. The number of hydrogen-bond acceptors (Lipinski definition) is 4. The number of halogens is 6. The van der Waals surface area contributed by atoms with Gasteiger partial charge in [-0.25, -0.2) is 4.79 Å². The van der Waals surface area contributed by atoms with Crippen molar-refractivity contribution in [3.8, 4) is 0 Å². The van der Waals surface area contributed by atoms with Crippen LogP contribution in [-0.4, -0.2) is 42.6 Å². The van der Waals surface area contributed by atoms with Crippen molar-refractivity contribution in [2.45, 2.75) is 57.1 Å². The molecule has 5 nitrogen and oxygen atoms in total. The molecular formula is C13H20F6O5S. The third kappa shape index (κ3) is 5.22.